The molecule has 1 aliphatic rings. The van der Waals surface area contributed by atoms with E-state index in [1.165, 1.54) is 4.90 Å². The van der Waals surface area contributed by atoms with Gasteiger partial charge in [0.05, 0.1) is 18.7 Å². The highest BCUT2D eigenvalue weighted by Gasteiger charge is 2.19. The lowest BCUT2D eigenvalue weighted by molar-refractivity contribution is -0.143. The van der Waals surface area contributed by atoms with Gasteiger partial charge < -0.3 is 19.7 Å². The highest BCUT2D eigenvalue weighted by Crippen LogP contribution is 2.28. The monoisotopic (exact) mass is 306 g/mol. The summed E-state index contributed by atoms with van der Waals surface area (Å²) in [6, 6.07) is 4.83. The summed E-state index contributed by atoms with van der Waals surface area (Å²) < 4.78 is 10.1. The summed E-state index contributed by atoms with van der Waals surface area (Å²) in [4.78, 5) is 36.3. The average molecular weight is 306 g/mol. The van der Waals surface area contributed by atoms with Crippen LogP contribution in [-0.2, 0) is 14.3 Å². The topological polar surface area (TPSA) is 84.9 Å². The smallest absolute Gasteiger partial charge is 0.307 e. The van der Waals surface area contributed by atoms with Crippen molar-refractivity contribution in [3.8, 4) is 5.75 Å². The number of hydrogen-bond acceptors (Lipinski definition) is 5. The zero-order valence-corrected chi connectivity index (χ0v) is 12.5. The van der Waals surface area contributed by atoms with Crippen LogP contribution in [0.5, 0.6) is 5.75 Å². The number of benzene rings is 1. The molecule has 0 aromatic heterocycles. The van der Waals surface area contributed by atoms with Gasteiger partial charge in [-0.3, -0.25) is 14.4 Å². The standard InChI is InChI=1S/C15H18N2O5/c1-3-21-14(19)6-7-17(2)15(20)10-4-5-12-11(8-10)16-13(18)9-22-12/h4-5,8H,3,6-7,9H2,1-2H3,(H,16,18). The molecule has 1 heterocycles. The Hall–Kier alpha value is -2.57. The molecule has 2 rings (SSSR count). The fraction of sp³-hybridized carbons (Fsp3) is 0.400. The molecule has 118 valence electrons. The number of rotatable bonds is 5. The summed E-state index contributed by atoms with van der Waals surface area (Å²) in [6.45, 7) is 2.29. The number of hydrogen-bond donors (Lipinski definition) is 1. The van der Waals surface area contributed by atoms with Gasteiger partial charge in [-0.25, -0.2) is 0 Å². The van der Waals surface area contributed by atoms with Crippen LogP contribution in [0.25, 0.3) is 0 Å². The Balaban J connectivity index is 2.01. The van der Waals surface area contributed by atoms with E-state index in [9.17, 15) is 14.4 Å². The molecule has 7 heteroatoms. The summed E-state index contributed by atoms with van der Waals surface area (Å²) in [5, 5.41) is 2.65. The van der Waals surface area contributed by atoms with E-state index in [0.717, 1.165) is 0 Å². The molecule has 0 aliphatic carbocycles. The number of carbonyl (C=O) groups is 3. The lowest BCUT2D eigenvalue weighted by atomic mass is 10.1. The number of ether oxygens (including phenoxy) is 2. The predicted molar refractivity (Wildman–Crippen MR) is 78.8 cm³/mol. The second-order valence-corrected chi connectivity index (χ2v) is 4.83. The molecule has 1 aromatic rings. The molecule has 1 aromatic carbocycles. The van der Waals surface area contributed by atoms with E-state index in [0.29, 0.717) is 23.6 Å². The Kier molecular flexibility index (Phi) is 4.98. The third kappa shape index (κ3) is 3.75. The SMILES string of the molecule is CCOC(=O)CCN(C)C(=O)c1ccc2c(c1)NC(=O)CO2. The molecule has 0 spiro atoms. The van der Waals surface area contributed by atoms with E-state index in [-0.39, 0.29) is 37.4 Å². The van der Waals surface area contributed by atoms with Gasteiger partial charge in [0.25, 0.3) is 11.8 Å². The molecular formula is C15H18N2O5. The minimum atomic E-state index is -0.340. The molecule has 7 nitrogen and oxygen atoms in total. The van der Waals surface area contributed by atoms with Gasteiger partial charge in [-0.2, -0.15) is 0 Å². The molecule has 1 N–H and O–H groups in total. The molecule has 0 saturated carbocycles. The summed E-state index contributed by atoms with van der Waals surface area (Å²) >= 11 is 0. The van der Waals surface area contributed by atoms with E-state index in [4.69, 9.17) is 9.47 Å². The average Bonchev–Trinajstić information content (AvgIpc) is 2.51. The van der Waals surface area contributed by atoms with Crippen LogP contribution >= 0.6 is 0 Å². The third-order valence-electron chi connectivity index (χ3n) is 3.16. The maximum Gasteiger partial charge on any atom is 0.307 e. The molecular weight excluding hydrogens is 288 g/mol. The van der Waals surface area contributed by atoms with Crippen LogP contribution in [0.3, 0.4) is 0 Å². The van der Waals surface area contributed by atoms with E-state index in [1.807, 2.05) is 0 Å². The maximum atomic E-state index is 12.3. The van der Waals surface area contributed by atoms with E-state index < -0.39 is 0 Å². The third-order valence-corrected chi connectivity index (χ3v) is 3.16. The number of esters is 1. The second kappa shape index (κ2) is 6.93. The number of anilines is 1. The first kappa shape index (κ1) is 15.8. The van der Waals surface area contributed by atoms with Crippen LogP contribution in [0.2, 0.25) is 0 Å². The summed E-state index contributed by atoms with van der Waals surface area (Å²) in [7, 11) is 1.61. The van der Waals surface area contributed by atoms with Crippen molar-refractivity contribution in [1.82, 2.24) is 4.90 Å². The lowest BCUT2D eigenvalue weighted by Crippen LogP contribution is -2.30. The molecule has 0 bridgehead atoms. The molecule has 22 heavy (non-hydrogen) atoms. The van der Waals surface area contributed by atoms with Crippen LogP contribution in [-0.4, -0.2) is 49.5 Å². The van der Waals surface area contributed by atoms with Gasteiger partial charge in [0, 0.05) is 19.2 Å². The number of carbonyl (C=O) groups excluding carboxylic acids is 3. The Bertz CT molecular complexity index is 600. The largest absolute Gasteiger partial charge is 0.482 e. The predicted octanol–water partition coefficient (Wildman–Crippen LogP) is 1.04. The van der Waals surface area contributed by atoms with Gasteiger partial charge in [0.15, 0.2) is 6.61 Å². The maximum absolute atomic E-state index is 12.3. The van der Waals surface area contributed by atoms with Gasteiger partial charge in [-0.05, 0) is 25.1 Å². The summed E-state index contributed by atoms with van der Waals surface area (Å²) in [6.07, 6.45) is 0.140. The molecule has 0 fully saturated rings. The van der Waals surface area contributed by atoms with E-state index in [2.05, 4.69) is 5.32 Å². The highest BCUT2D eigenvalue weighted by molar-refractivity contribution is 5.99. The normalized spacial score (nSPS) is 12.7. The zero-order valence-electron chi connectivity index (χ0n) is 12.5. The van der Waals surface area contributed by atoms with Crippen molar-refractivity contribution < 1.29 is 23.9 Å². The van der Waals surface area contributed by atoms with Crippen molar-refractivity contribution in [3.05, 3.63) is 23.8 Å². The van der Waals surface area contributed by atoms with Gasteiger partial charge in [0.2, 0.25) is 0 Å². The van der Waals surface area contributed by atoms with Gasteiger partial charge in [-0.1, -0.05) is 0 Å². The fourth-order valence-corrected chi connectivity index (χ4v) is 2.03. The van der Waals surface area contributed by atoms with Crippen LogP contribution in [0.15, 0.2) is 18.2 Å². The first-order valence-electron chi connectivity index (χ1n) is 6.99. The van der Waals surface area contributed by atoms with Crippen molar-refractivity contribution in [2.45, 2.75) is 13.3 Å². The van der Waals surface area contributed by atoms with Crippen molar-refractivity contribution >= 4 is 23.5 Å². The van der Waals surface area contributed by atoms with Gasteiger partial charge in [0.1, 0.15) is 5.75 Å². The van der Waals surface area contributed by atoms with Crippen LogP contribution in [0.1, 0.15) is 23.7 Å². The lowest BCUT2D eigenvalue weighted by Gasteiger charge is -2.20. The van der Waals surface area contributed by atoms with Crippen molar-refractivity contribution in [1.29, 1.82) is 0 Å². The Morgan fingerprint density at radius 2 is 2.18 bits per heavy atom. The Morgan fingerprint density at radius 3 is 2.91 bits per heavy atom. The summed E-state index contributed by atoms with van der Waals surface area (Å²) in [5.74, 6) is -0.307. The fourth-order valence-electron chi connectivity index (χ4n) is 2.03. The second-order valence-electron chi connectivity index (χ2n) is 4.83. The van der Waals surface area contributed by atoms with Crippen LogP contribution in [0, 0.1) is 0 Å². The molecule has 0 atom stereocenters. The van der Waals surface area contributed by atoms with Crippen LogP contribution in [0.4, 0.5) is 5.69 Å². The van der Waals surface area contributed by atoms with Gasteiger partial charge in [-0.15, -0.1) is 0 Å². The van der Waals surface area contributed by atoms with E-state index in [1.54, 1.807) is 32.2 Å². The molecule has 0 saturated heterocycles. The van der Waals surface area contributed by atoms with Crippen LogP contribution < -0.4 is 10.1 Å². The minimum Gasteiger partial charge on any atom is -0.482 e. The van der Waals surface area contributed by atoms with E-state index >= 15 is 0 Å². The first-order valence-corrected chi connectivity index (χ1v) is 6.99. The Morgan fingerprint density at radius 1 is 1.41 bits per heavy atom. The quantitative estimate of drug-likeness (QED) is 0.822. The molecule has 2 amide bonds. The zero-order chi connectivity index (χ0) is 16.1. The van der Waals surface area contributed by atoms with Gasteiger partial charge >= 0.3 is 5.97 Å². The Labute approximate surface area is 128 Å². The number of nitrogens with zero attached hydrogens (tertiary/aromatic N) is 1. The highest BCUT2D eigenvalue weighted by atomic mass is 16.5. The number of fused-ring (bicyclic) bond motifs is 1. The van der Waals surface area contributed by atoms with Crippen molar-refractivity contribution in [3.63, 3.8) is 0 Å². The minimum absolute atomic E-state index is 0.0280. The van der Waals surface area contributed by atoms with Crippen molar-refractivity contribution in [2.75, 3.05) is 32.1 Å². The molecule has 1 aliphatic heterocycles. The first-order chi connectivity index (χ1) is 10.5. The number of nitrogens with one attached hydrogen (secondary N) is 1. The molecule has 0 unspecified atom stereocenters. The summed E-state index contributed by atoms with van der Waals surface area (Å²) in [5.41, 5.74) is 0.886. The van der Waals surface area contributed by atoms with Crippen molar-refractivity contribution in [2.24, 2.45) is 0 Å². The number of amides is 2. The molecule has 0 radical (unpaired) electrons.